The average molecular weight is 257 g/mol. The first-order valence-corrected chi connectivity index (χ1v) is 6.31. The number of nitrogens with one attached hydrogen (secondary N) is 1. The minimum atomic E-state index is 0.708. The normalized spacial score (nSPS) is 10.6. The molecule has 0 saturated carbocycles. The molecule has 2 aromatic rings. The van der Waals surface area contributed by atoms with E-state index in [0.717, 1.165) is 30.2 Å². The SMILES string of the molecule is C=CCn1cc(CNCc2cnc(C)cn2)c(C)n1. The van der Waals surface area contributed by atoms with Crippen molar-refractivity contribution >= 4 is 0 Å². The van der Waals surface area contributed by atoms with Crippen molar-refractivity contribution in [1.29, 1.82) is 0 Å². The van der Waals surface area contributed by atoms with E-state index >= 15 is 0 Å². The molecule has 2 rings (SSSR count). The molecule has 0 radical (unpaired) electrons. The van der Waals surface area contributed by atoms with Crippen molar-refractivity contribution in [3.05, 3.63) is 53.9 Å². The fourth-order valence-electron chi connectivity index (χ4n) is 1.79. The van der Waals surface area contributed by atoms with Gasteiger partial charge in [0.2, 0.25) is 0 Å². The van der Waals surface area contributed by atoms with Gasteiger partial charge in [0.1, 0.15) is 0 Å². The first-order valence-electron chi connectivity index (χ1n) is 6.31. The zero-order valence-corrected chi connectivity index (χ0v) is 11.4. The smallest absolute Gasteiger partial charge is 0.0724 e. The molecule has 0 bridgehead atoms. The highest BCUT2D eigenvalue weighted by atomic mass is 15.3. The summed E-state index contributed by atoms with van der Waals surface area (Å²) in [4.78, 5) is 8.53. The van der Waals surface area contributed by atoms with E-state index in [2.05, 4.69) is 27.0 Å². The molecule has 5 heteroatoms. The summed E-state index contributed by atoms with van der Waals surface area (Å²) >= 11 is 0. The van der Waals surface area contributed by atoms with Gasteiger partial charge in [-0.05, 0) is 13.8 Å². The summed E-state index contributed by atoms with van der Waals surface area (Å²) < 4.78 is 1.89. The molecule has 0 aliphatic carbocycles. The van der Waals surface area contributed by atoms with Crippen molar-refractivity contribution in [1.82, 2.24) is 25.1 Å². The quantitative estimate of drug-likeness (QED) is 0.801. The monoisotopic (exact) mass is 257 g/mol. The Kier molecular flexibility index (Phi) is 4.41. The van der Waals surface area contributed by atoms with Crippen molar-refractivity contribution < 1.29 is 0 Å². The first-order chi connectivity index (χ1) is 9.19. The highest BCUT2D eigenvalue weighted by molar-refractivity contribution is 5.15. The van der Waals surface area contributed by atoms with Gasteiger partial charge in [0.25, 0.3) is 0 Å². The predicted octanol–water partition coefficient (Wildman–Crippen LogP) is 1.77. The van der Waals surface area contributed by atoms with Crippen LogP contribution in [0.2, 0.25) is 0 Å². The Bertz CT molecular complexity index is 541. The summed E-state index contributed by atoms with van der Waals surface area (Å²) in [5.41, 5.74) is 4.12. The van der Waals surface area contributed by atoms with E-state index < -0.39 is 0 Å². The third-order valence-corrected chi connectivity index (χ3v) is 2.82. The summed E-state index contributed by atoms with van der Waals surface area (Å²) in [6.45, 7) is 9.88. The van der Waals surface area contributed by atoms with Crippen LogP contribution in [0.1, 0.15) is 22.6 Å². The van der Waals surface area contributed by atoms with Gasteiger partial charge in [-0.25, -0.2) is 0 Å². The van der Waals surface area contributed by atoms with E-state index in [1.807, 2.05) is 30.8 Å². The van der Waals surface area contributed by atoms with Gasteiger partial charge in [0, 0.05) is 37.2 Å². The molecular formula is C14H19N5. The van der Waals surface area contributed by atoms with E-state index in [1.165, 1.54) is 5.56 Å². The predicted molar refractivity (Wildman–Crippen MR) is 74.5 cm³/mol. The molecule has 0 unspecified atom stereocenters. The Balaban J connectivity index is 1.88. The van der Waals surface area contributed by atoms with Crippen LogP contribution in [0, 0.1) is 13.8 Å². The zero-order chi connectivity index (χ0) is 13.7. The van der Waals surface area contributed by atoms with E-state index in [0.29, 0.717) is 6.54 Å². The lowest BCUT2D eigenvalue weighted by Gasteiger charge is -2.03. The van der Waals surface area contributed by atoms with E-state index in [-0.39, 0.29) is 0 Å². The largest absolute Gasteiger partial charge is 0.307 e. The Morgan fingerprint density at radius 2 is 2.11 bits per heavy atom. The van der Waals surface area contributed by atoms with Crippen molar-refractivity contribution in [2.75, 3.05) is 0 Å². The standard InChI is InChI=1S/C14H19N5/c1-4-5-19-10-13(12(3)18-19)7-15-8-14-9-16-11(2)6-17-14/h4,6,9-10,15H,1,5,7-8H2,2-3H3. The van der Waals surface area contributed by atoms with Crippen molar-refractivity contribution in [3.8, 4) is 0 Å². The van der Waals surface area contributed by atoms with Crippen LogP contribution in [0.5, 0.6) is 0 Å². The molecule has 100 valence electrons. The number of hydrogen-bond acceptors (Lipinski definition) is 4. The van der Waals surface area contributed by atoms with E-state index in [1.54, 1.807) is 12.4 Å². The Morgan fingerprint density at radius 1 is 1.26 bits per heavy atom. The molecule has 0 spiro atoms. The van der Waals surface area contributed by atoms with Gasteiger partial charge in [-0.1, -0.05) is 6.08 Å². The van der Waals surface area contributed by atoms with E-state index in [4.69, 9.17) is 0 Å². The number of allylic oxidation sites excluding steroid dienone is 1. The molecule has 0 fully saturated rings. The van der Waals surface area contributed by atoms with Crippen molar-refractivity contribution in [2.45, 2.75) is 33.5 Å². The number of rotatable bonds is 6. The molecule has 2 heterocycles. The number of hydrogen-bond donors (Lipinski definition) is 1. The minimum absolute atomic E-state index is 0.708. The Morgan fingerprint density at radius 3 is 2.79 bits per heavy atom. The fourth-order valence-corrected chi connectivity index (χ4v) is 1.79. The maximum absolute atomic E-state index is 4.42. The molecule has 0 saturated heterocycles. The number of aromatic nitrogens is 4. The summed E-state index contributed by atoms with van der Waals surface area (Å²) in [7, 11) is 0. The van der Waals surface area contributed by atoms with Gasteiger partial charge in [-0.2, -0.15) is 5.10 Å². The molecule has 2 aromatic heterocycles. The summed E-state index contributed by atoms with van der Waals surface area (Å²) in [5.74, 6) is 0. The lowest BCUT2D eigenvalue weighted by molar-refractivity contribution is 0.671. The molecule has 19 heavy (non-hydrogen) atoms. The number of nitrogens with zero attached hydrogens (tertiary/aromatic N) is 4. The minimum Gasteiger partial charge on any atom is -0.307 e. The van der Waals surface area contributed by atoms with Crippen LogP contribution in [0.25, 0.3) is 0 Å². The third-order valence-electron chi connectivity index (χ3n) is 2.82. The molecule has 0 atom stereocenters. The average Bonchev–Trinajstić information content (AvgIpc) is 2.73. The third kappa shape index (κ3) is 3.72. The second-order valence-corrected chi connectivity index (χ2v) is 4.50. The van der Waals surface area contributed by atoms with Crippen LogP contribution in [0.3, 0.4) is 0 Å². The Labute approximate surface area is 113 Å². The summed E-state index contributed by atoms with van der Waals surface area (Å²) in [6, 6.07) is 0. The van der Waals surface area contributed by atoms with Gasteiger partial charge in [0.15, 0.2) is 0 Å². The van der Waals surface area contributed by atoms with Gasteiger partial charge >= 0.3 is 0 Å². The molecular weight excluding hydrogens is 238 g/mol. The molecule has 0 aliphatic heterocycles. The highest BCUT2D eigenvalue weighted by Crippen LogP contribution is 2.05. The van der Waals surface area contributed by atoms with Crippen molar-refractivity contribution in [2.24, 2.45) is 0 Å². The lowest BCUT2D eigenvalue weighted by atomic mass is 10.2. The van der Waals surface area contributed by atoms with Gasteiger partial charge < -0.3 is 5.32 Å². The Hall–Kier alpha value is -2.01. The second-order valence-electron chi connectivity index (χ2n) is 4.50. The molecule has 1 N–H and O–H groups in total. The van der Waals surface area contributed by atoms with Crippen LogP contribution >= 0.6 is 0 Å². The molecule has 0 aromatic carbocycles. The van der Waals surface area contributed by atoms with Crippen LogP contribution in [-0.2, 0) is 19.6 Å². The maximum Gasteiger partial charge on any atom is 0.0724 e. The number of aryl methyl sites for hydroxylation is 2. The molecule has 5 nitrogen and oxygen atoms in total. The van der Waals surface area contributed by atoms with Gasteiger partial charge in [0.05, 0.1) is 23.6 Å². The molecule has 0 aliphatic rings. The van der Waals surface area contributed by atoms with Crippen LogP contribution in [0.4, 0.5) is 0 Å². The van der Waals surface area contributed by atoms with Crippen LogP contribution in [0.15, 0.2) is 31.2 Å². The topological polar surface area (TPSA) is 55.6 Å². The van der Waals surface area contributed by atoms with Gasteiger partial charge in [-0.15, -0.1) is 6.58 Å². The molecule has 0 amide bonds. The summed E-state index contributed by atoms with van der Waals surface area (Å²) in [6.07, 6.45) is 7.47. The first kappa shape index (κ1) is 13.4. The highest BCUT2D eigenvalue weighted by Gasteiger charge is 2.04. The van der Waals surface area contributed by atoms with E-state index in [9.17, 15) is 0 Å². The maximum atomic E-state index is 4.42. The lowest BCUT2D eigenvalue weighted by Crippen LogP contribution is -2.14. The van der Waals surface area contributed by atoms with Crippen molar-refractivity contribution in [3.63, 3.8) is 0 Å². The van der Waals surface area contributed by atoms with Crippen LogP contribution < -0.4 is 5.32 Å². The second kappa shape index (κ2) is 6.24. The van der Waals surface area contributed by atoms with Crippen LogP contribution in [-0.4, -0.2) is 19.7 Å². The zero-order valence-electron chi connectivity index (χ0n) is 11.4. The van der Waals surface area contributed by atoms with Gasteiger partial charge in [-0.3, -0.25) is 14.6 Å². The summed E-state index contributed by atoms with van der Waals surface area (Å²) in [5, 5.41) is 7.77. The fraction of sp³-hybridized carbons (Fsp3) is 0.357.